The Morgan fingerprint density at radius 3 is 2.39 bits per heavy atom. The van der Waals surface area contributed by atoms with Crippen LogP contribution in [0.2, 0.25) is 0 Å². The minimum absolute atomic E-state index is 0.101. The van der Waals surface area contributed by atoms with E-state index >= 15 is 0 Å². The minimum Gasteiger partial charge on any atom is -0.480 e. The molecule has 2 atom stereocenters. The van der Waals surface area contributed by atoms with E-state index < -0.39 is 23.5 Å². The first kappa shape index (κ1) is 14.8. The predicted molar refractivity (Wildman–Crippen MR) is 68.4 cm³/mol. The molecule has 0 aliphatic carbocycles. The summed E-state index contributed by atoms with van der Waals surface area (Å²) in [4.78, 5) is 25.0. The van der Waals surface area contributed by atoms with Gasteiger partial charge in [-0.2, -0.15) is 0 Å². The third-order valence-electron chi connectivity index (χ3n) is 3.11. The number of amides is 2. The van der Waals surface area contributed by atoms with Gasteiger partial charge >= 0.3 is 12.0 Å². The Hall–Kier alpha value is -1.30. The monoisotopic (exact) mass is 257 g/mol. The Bertz CT molecular complexity index is 325. The Kier molecular flexibility index (Phi) is 4.56. The standard InChI is InChI=1S/C12H23N3O3/c1-12(2,3)9(10(16)17)14-11(18)13-8-5-6-15(4)7-8/h8-9H,5-7H2,1-4H3,(H,16,17)(H2,13,14,18). The van der Waals surface area contributed by atoms with Gasteiger partial charge in [0.25, 0.3) is 0 Å². The lowest BCUT2D eigenvalue weighted by molar-refractivity contribution is -0.141. The Balaban J connectivity index is 2.49. The van der Waals surface area contributed by atoms with E-state index in [1.165, 1.54) is 0 Å². The summed E-state index contributed by atoms with van der Waals surface area (Å²) in [6.45, 7) is 7.12. The van der Waals surface area contributed by atoms with Gasteiger partial charge in [-0.15, -0.1) is 0 Å². The fraction of sp³-hybridized carbons (Fsp3) is 0.833. The zero-order chi connectivity index (χ0) is 13.9. The zero-order valence-corrected chi connectivity index (χ0v) is 11.5. The van der Waals surface area contributed by atoms with Crippen LogP contribution in [0.3, 0.4) is 0 Å². The lowest BCUT2D eigenvalue weighted by Crippen LogP contribution is -2.54. The maximum atomic E-state index is 11.8. The number of carboxylic acid groups (broad SMARTS) is 1. The first-order chi connectivity index (χ1) is 8.20. The molecule has 0 bridgehead atoms. The number of urea groups is 1. The smallest absolute Gasteiger partial charge is 0.326 e. The molecule has 2 amide bonds. The molecule has 1 fully saturated rings. The largest absolute Gasteiger partial charge is 0.480 e. The Morgan fingerprint density at radius 2 is 2.00 bits per heavy atom. The van der Waals surface area contributed by atoms with Crippen molar-refractivity contribution in [2.24, 2.45) is 5.41 Å². The van der Waals surface area contributed by atoms with Gasteiger partial charge in [0.1, 0.15) is 6.04 Å². The highest BCUT2D eigenvalue weighted by molar-refractivity contribution is 5.83. The predicted octanol–water partition coefficient (Wildman–Crippen LogP) is 0.489. The van der Waals surface area contributed by atoms with Crippen molar-refractivity contribution in [1.82, 2.24) is 15.5 Å². The van der Waals surface area contributed by atoms with E-state index in [0.29, 0.717) is 0 Å². The third-order valence-corrected chi connectivity index (χ3v) is 3.11. The van der Waals surface area contributed by atoms with Crippen LogP contribution in [-0.4, -0.2) is 54.2 Å². The maximum absolute atomic E-state index is 11.8. The molecule has 1 aliphatic heterocycles. The summed E-state index contributed by atoms with van der Waals surface area (Å²) in [5, 5.41) is 14.5. The average Bonchev–Trinajstić information content (AvgIpc) is 2.58. The first-order valence-corrected chi connectivity index (χ1v) is 6.18. The minimum atomic E-state index is -1.01. The van der Waals surface area contributed by atoms with Crippen molar-refractivity contribution in [2.75, 3.05) is 20.1 Å². The summed E-state index contributed by atoms with van der Waals surface area (Å²) in [6, 6.07) is -1.20. The van der Waals surface area contributed by atoms with Gasteiger partial charge in [-0.1, -0.05) is 20.8 Å². The number of carboxylic acids is 1. The highest BCUT2D eigenvalue weighted by Crippen LogP contribution is 2.19. The zero-order valence-electron chi connectivity index (χ0n) is 11.5. The number of rotatable bonds is 3. The van der Waals surface area contributed by atoms with Crippen LogP contribution in [-0.2, 0) is 4.79 Å². The van der Waals surface area contributed by atoms with E-state index in [4.69, 9.17) is 5.11 Å². The van der Waals surface area contributed by atoms with Gasteiger partial charge in [-0.25, -0.2) is 9.59 Å². The van der Waals surface area contributed by atoms with Crippen molar-refractivity contribution in [3.63, 3.8) is 0 Å². The number of likely N-dealkylation sites (tertiary alicyclic amines) is 1. The number of hydrogen-bond acceptors (Lipinski definition) is 3. The molecule has 6 heteroatoms. The lowest BCUT2D eigenvalue weighted by Gasteiger charge is -2.28. The SMILES string of the molecule is CN1CCC(NC(=O)NC(C(=O)O)C(C)(C)C)C1. The number of carbonyl (C=O) groups excluding carboxylic acids is 1. The summed E-state index contributed by atoms with van der Waals surface area (Å²) < 4.78 is 0. The van der Waals surface area contributed by atoms with Gasteiger partial charge in [0, 0.05) is 12.6 Å². The highest BCUT2D eigenvalue weighted by atomic mass is 16.4. The summed E-state index contributed by atoms with van der Waals surface area (Å²) in [5.41, 5.74) is -0.518. The lowest BCUT2D eigenvalue weighted by atomic mass is 9.87. The molecule has 2 unspecified atom stereocenters. The highest BCUT2D eigenvalue weighted by Gasteiger charge is 2.33. The fourth-order valence-electron chi connectivity index (χ4n) is 2.06. The van der Waals surface area contributed by atoms with Crippen molar-refractivity contribution < 1.29 is 14.7 Å². The van der Waals surface area contributed by atoms with Crippen molar-refractivity contribution in [3.05, 3.63) is 0 Å². The van der Waals surface area contributed by atoms with Gasteiger partial charge in [0.05, 0.1) is 0 Å². The number of likely N-dealkylation sites (N-methyl/N-ethyl adjacent to an activating group) is 1. The maximum Gasteiger partial charge on any atom is 0.326 e. The van der Waals surface area contributed by atoms with E-state index in [-0.39, 0.29) is 6.04 Å². The van der Waals surface area contributed by atoms with Crippen molar-refractivity contribution >= 4 is 12.0 Å². The molecular formula is C12H23N3O3. The summed E-state index contributed by atoms with van der Waals surface area (Å²) in [7, 11) is 1.99. The molecule has 3 N–H and O–H groups in total. The quantitative estimate of drug-likeness (QED) is 0.687. The molecule has 18 heavy (non-hydrogen) atoms. The molecular weight excluding hydrogens is 234 g/mol. The normalized spacial score (nSPS) is 22.6. The molecule has 0 aromatic heterocycles. The van der Waals surface area contributed by atoms with E-state index in [2.05, 4.69) is 15.5 Å². The number of hydrogen-bond donors (Lipinski definition) is 3. The molecule has 0 spiro atoms. The van der Waals surface area contributed by atoms with Crippen LogP contribution >= 0.6 is 0 Å². The van der Waals surface area contributed by atoms with Gasteiger partial charge in [-0.05, 0) is 25.4 Å². The number of aliphatic carboxylic acids is 1. The number of nitrogens with one attached hydrogen (secondary N) is 2. The molecule has 0 radical (unpaired) electrons. The first-order valence-electron chi connectivity index (χ1n) is 6.18. The van der Waals surface area contributed by atoms with Crippen molar-refractivity contribution in [3.8, 4) is 0 Å². The molecule has 0 aromatic carbocycles. The molecule has 104 valence electrons. The van der Waals surface area contributed by atoms with Gasteiger partial charge < -0.3 is 20.6 Å². The molecule has 1 aliphatic rings. The van der Waals surface area contributed by atoms with E-state index in [1.54, 1.807) is 20.8 Å². The summed E-state index contributed by atoms with van der Waals surface area (Å²) in [5.74, 6) is -1.01. The molecule has 1 heterocycles. The van der Waals surface area contributed by atoms with Crippen LogP contribution in [0.4, 0.5) is 4.79 Å². The van der Waals surface area contributed by atoms with Gasteiger partial charge in [-0.3, -0.25) is 0 Å². The van der Waals surface area contributed by atoms with Crippen LogP contribution in [0.1, 0.15) is 27.2 Å². The van der Waals surface area contributed by atoms with Crippen molar-refractivity contribution in [1.29, 1.82) is 0 Å². The van der Waals surface area contributed by atoms with Crippen LogP contribution in [0.15, 0.2) is 0 Å². The second kappa shape index (κ2) is 5.56. The molecule has 1 rings (SSSR count). The summed E-state index contributed by atoms with van der Waals surface area (Å²) >= 11 is 0. The van der Waals surface area contributed by atoms with E-state index in [1.807, 2.05) is 7.05 Å². The average molecular weight is 257 g/mol. The summed E-state index contributed by atoms with van der Waals surface area (Å²) in [6.07, 6.45) is 0.900. The van der Waals surface area contributed by atoms with Crippen molar-refractivity contribution in [2.45, 2.75) is 39.3 Å². The molecule has 1 saturated heterocycles. The van der Waals surface area contributed by atoms with Gasteiger partial charge in [0.2, 0.25) is 0 Å². The Morgan fingerprint density at radius 1 is 1.39 bits per heavy atom. The van der Waals surface area contributed by atoms with Crippen LogP contribution < -0.4 is 10.6 Å². The van der Waals surface area contributed by atoms with Crippen LogP contribution in [0.5, 0.6) is 0 Å². The third kappa shape index (κ3) is 4.18. The Labute approximate surface area is 108 Å². The second-order valence-electron chi connectivity index (χ2n) is 6.00. The van der Waals surface area contributed by atoms with Gasteiger partial charge in [0.15, 0.2) is 0 Å². The second-order valence-corrected chi connectivity index (χ2v) is 6.00. The van der Waals surface area contributed by atoms with Crippen LogP contribution in [0.25, 0.3) is 0 Å². The number of nitrogens with zero attached hydrogens (tertiary/aromatic N) is 1. The molecule has 0 saturated carbocycles. The molecule has 6 nitrogen and oxygen atoms in total. The van der Waals surface area contributed by atoms with Crippen LogP contribution in [0, 0.1) is 5.41 Å². The van der Waals surface area contributed by atoms with E-state index in [9.17, 15) is 9.59 Å². The fourth-order valence-corrected chi connectivity index (χ4v) is 2.06. The number of carbonyl (C=O) groups is 2. The topological polar surface area (TPSA) is 81.7 Å². The molecule has 0 aromatic rings. The van der Waals surface area contributed by atoms with E-state index in [0.717, 1.165) is 19.5 Å².